The van der Waals surface area contributed by atoms with Crippen molar-refractivity contribution >= 4 is 17.7 Å². The molecular formula is C12H20N2O2S. The molecule has 0 atom stereocenters. The van der Waals surface area contributed by atoms with Crippen LogP contribution in [0.1, 0.15) is 39.3 Å². The van der Waals surface area contributed by atoms with Gasteiger partial charge in [0.05, 0.1) is 5.75 Å². The van der Waals surface area contributed by atoms with Gasteiger partial charge in [-0.25, -0.2) is 4.98 Å². The number of nitrogens with zero attached hydrogens (tertiary/aromatic N) is 2. The summed E-state index contributed by atoms with van der Waals surface area (Å²) in [7, 11) is 0. The lowest BCUT2D eigenvalue weighted by molar-refractivity contribution is -0.133. The van der Waals surface area contributed by atoms with Crippen molar-refractivity contribution in [2.75, 3.05) is 5.75 Å². The van der Waals surface area contributed by atoms with E-state index in [1.54, 1.807) is 0 Å². The maximum atomic E-state index is 10.6. The molecular weight excluding hydrogens is 236 g/mol. The van der Waals surface area contributed by atoms with Gasteiger partial charge >= 0.3 is 5.97 Å². The molecule has 0 aliphatic heterocycles. The largest absolute Gasteiger partial charge is 0.481 e. The second kappa shape index (κ2) is 5.58. The van der Waals surface area contributed by atoms with E-state index in [9.17, 15) is 4.79 Å². The van der Waals surface area contributed by atoms with Crippen LogP contribution in [-0.2, 0) is 10.3 Å². The van der Waals surface area contributed by atoms with Crippen molar-refractivity contribution in [3.8, 4) is 0 Å². The van der Waals surface area contributed by atoms with Crippen LogP contribution in [0.3, 0.4) is 0 Å². The molecule has 0 radical (unpaired) electrons. The molecule has 0 aliphatic carbocycles. The van der Waals surface area contributed by atoms with Gasteiger partial charge in [0, 0.05) is 17.4 Å². The topological polar surface area (TPSA) is 55.1 Å². The molecule has 1 rings (SSSR count). The number of aliphatic carboxylic acids is 1. The summed E-state index contributed by atoms with van der Waals surface area (Å²) in [4.78, 5) is 14.9. The minimum Gasteiger partial charge on any atom is -0.481 e. The van der Waals surface area contributed by atoms with Crippen LogP contribution in [-0.4, -0.2) is 26.4 Å². The van der Waals surface area contributed by atoms with E-state index in [0.29, 0.717) is 0 Å². The lowest BCUT2D eigenvalue weighted by Gasteiger charge is -2.29. The smallest absolute Gasteiger partial charge is 0.313 e. The van der Waals surface area contributed by atoms with Gasteiger partial charge in [-0.2, -0.15) is 0 Å². The monoisotopic (exact) mass is 256 g/mol. The first kappa shape index (κ1) is 14.1. The molecule has 17 heavy (non-hydrogen) atoms. The minimum absolute atomic E-state index is 0.0177. The van der Waals surface area contributed by atoms with Gasteiger partial charge in [0.2, 0.25) is 0 Å². The predicted octanol–water partition coefficient (Wildman–Crippen LogP) is 2.90. The fourth-order valence-corrected chi connectivity index (χ4v) is 3.00. The number of aryl methyl sites for hydroxylation is 1. The number of rotatable bonds is 6. The third kappa shape index (κ3) is 3.49. The molecule has 0 saturated carbocycles. The molecule has 0 spiro atoms. The van der Waals surface area contributed by atoms with E-state index < -0.39 is 5.97 Å². The van der Waals surface area contributed by atoms with E-state index >= 15 is 0 Å². The van der Waals surface area contributed by atoms with Crippen molar-refractivity contribution in [2.24, 2.45) is 0 Å². The first-order valence-corrected chi connectivity index (χ1v) is 6.76. The average Bonchev–Trinajstić information content (AvgIpc) is 2.57. The maximum Gasteiger partial charge on any atom is 0.313 e. The van der Waals surface area contributed by atoms with Crippen molar-refractivity contribution in [2.45, 2.75) is 51.2 Å². The molecule has 1 aromatic rings. The Balaban J connectivity index is 2.97. The summed E-state index contributed by atoms with van der Waals surface area (Å²) < 4.78 is 2.14. The molecule has 5 heteroatoms. The van der Waals surface area contributed by atoms with Gasteiger partial charge in [0.25, 0.3) is 0 Å². The standard InChI is InChI=1S/C12H20N2O2S/c1-5-6-12(3,4)14-9(2)7-13-11(14)17-8-10(15)16/h7H,5-6,8H2,1-4H3,(H,15,16). The van der Waals surface area contributed by atoms with E-state index in [-0.39, 0.29) is 11.3 Å². The second-order valence-corrected chi connectivity index (χ2v) is 5.70. The zero-order valence-corrected chi connectivity index (χ0v) is 11.7. The van der Waals surface area contributed by atoms with E-state index in [4.69, 9.17) is 5.11 Å². The normalized spacial score (nSPS) is 11.8. The van der Waals surface area contributed by atoms with E-state index in [0.717, 1.165) is 23.7 Å². The number of carboxylic acid groups (broad SMARTS) is 1. The van der Waals surface area contributed by atoms with Gasteiger partial charge in [-0.05, 0) is 27.2 Å². The fraction of sp³-hybridized carbons (Fsp3) is 0.667. The maximum absolute atomic E-state index is 10.6. The van der Waals surface area contributed by atoms with Crippen LogP contribution < -0.4 is 0 Å². The summed E-state index contributed by atoms with van der Waals surface area (Å²) >= 11 is 1.28. The van der Waals surface area contributed by atoms with E-state index in [2.05, 4.69) is 30.3 Å². The Hall–Kier alpha value is -0.970. The highest BCUT2D eigenvalue weighted by molar-refractivity contribution is 7.99. The average molecular weight is 256 g/mol. The molecule has 0 saturated heterocycles. The van der Waals surface area contributed by atoms with Crippen molar-refractivity contribution in [1.82, 2.24) is 9.55 Å². The lowest BCUT2D eigenvalue weighted by atomic mass is 9.98. The van der Waals surface area contributed by atoms with E-state index in [1.165, 1.54) is 11.8 Å². The highest BCUT2D eigenvalue weighted by Crippen LogP contribution is 2.29. The van der Waals surface area contributed by atoms with Crippen LogP contribution in [0.5, 0.6) is 0 Å². The molecule has 0 unspecified atom stereocenters. The summed E-state index contributed by atoms with van der Waals surface area (Å²) in [6, 6.07) is 0. The summed E-state index contributed by atoms with van der Waals surface area (Å²) in [5, 5.41) is 9.52. The van der Waals surface area contributed by atoms with Crippen molar-refractivity contribution < 1.29 is 9.90 Å². The van der Waals surface area contributed by atoms with Crippen LogP contribution in [0.2, 0.25) is 0 Å². The van der Waals surface area contributed by atoms with Crippen LogP contribution in [0.4, 0.5) is 0 Å². The SMILES string of the molecule is CCCC(C)(C)n1c(C)cnc1SCC(=O)O. The van der Waals surface area contributed by atoms with Crippen molar-refractivity contribution in [3.63, 3.8) is 0 Å². The molecule has 0 aromatic carbocycles. The Morgan fingerprint density at radius 2 is 2.24 bits per heavy atom. The lowest BCUT2D eigenvalue weighted by Crippen LogP contribution is -2.28. The number of hydrogen-bond acceptors (Lipinski definition) is 3. The number of imidazole rings is 1. The van der Waals surface area contributed by atoms with Gasteiger partial charge in [0.1, 0.15) is 0 Å². The Kier molecular flexibility index (Phi) is 4.62. The highest BCUT2D eigenvalue weighted by atomic mass is 32.2. The Morgan fingerprint density at radius 3 is 2.76 bits per heavy atom. The molecule has 1 aromatic heterocycles. The van der Waals surface area contributed by atoms with Gasteiger partial charge in [-0.1, -0.05) is 25.1 Å². The summed E-state index contributed by atoms with van der Waals surface area (Å²) in [6.45, 7) is 8.49. The molecule has 96 valence electrons. The molecule has 1 N–H and O–H groups in total. The molecule has 4 nitrogen and oxygen atoms in total. The molecule has 0 amide bonds. The number of carboxylic acids is 1. The molecule has 1 heterocycles. The van der Waals surface area contributed by atoms with E-state index in [1.807, 2.05) is 13.1 Å². The van der Waals surface area contributed by atoms with Crippen molar-refractivity contribution in [3.05, 3.63) is 11.9 Å². The summed E-state index contributed by atoms with van der Waals surface area (Å²) in [5.74, 6) is -0.755. The third-order valence-electron chi connectivity index (χ3n) is 2.70. The number of carbonyl (C=O) groups is 1. The quantitative estimate of drug-likeness (QED) is 0.795. The van der Waals surface area contributed by atoms with Gasteiger partial charge in [-0.3, -0.25) is 4.79 Å². The van der Waals surface area contributed by atoms with Crippen molar-refractivity contribution in [1.29, 1.82) is 0 Å². The van der Waals surface area contributed by atoms with Crippen LogP contribution in [0, 0.1) is 6.92 Å². The first-order chi connectivity index (χ1) is 7.88. The first-order valence-electron chi connectivity index (χ1n) is 5.78. The Bertz CT molecular complexity index is 399. The molecule has 0 fully saturated rings. The summed E-state index contributed by atoms with van der Waals surface area (Å²) in [5.41, 5.74) is 1.06. The van der Waals surface area contributed by atoms with Crippen LogP contribution in [0.25, 0.3) is 0 Å². The predicted molar refractivity (Wildman–Crippen MR) is 69.6 cm³/mol. The minimum atomic E-state index is -0.810. The Morgan fingerprint density at radius 1 is 1.59 bits per heavy atom. The summed E-state index contributed by atoms with van der Waals surface area (Å²) in [6.07, 6.45) is 3.94. The zero-order chi connectivity index (χ0) is 13.1. The highest BCUT2D eigenvalue weighted by Gasteiger charge is 2.24. The van der Waals surface area contributed by atoms with Gasteiger partial charge in [-0.15, -0.1) is 0 Å². The second-order valence-electron chi connectivity index (χ2n) is 4.76. The number of aromatic nitrogens is 2. The van der Waals surface area contributed by atoms with Gasteiger partial charge in [0.15, 0.2) is 5.16 Å². The third-order valence-corrected chi connectivity index (χ3v) is 3.64. The number of thioether (sulfide) groups is 1. The van der Waals surface area contributed by atoms with Crippen LogP contribution in [0.15, 0.2) is 11.4 Å². The van der Waals surface area contributed by atoms with Gasteiger partial charge < -0.3 is 9.67 Å². The molecule has 0 aliphatic rings. The zero-order valence-electron chi connectivity index (χ0n) is 10.9. The molecule has 0 bridgehead atoms. The Labute approximate surface area is 106 Å². The van der Waals surface area contributed by atoms with Crippen LogP contribution >= 0.6 is 11.8 Å². The number of hydrogen-bond donors (Lipinski definition) is 1. The fourth-order valence-electron chi connectivity index (χ4n) is 2.10.